The van der Waals surface area contributed by atoms with Gasteiger partial charge in [0.15, 0.2) is 0 Å². The molecule has 1 saturated carbocycles. The number of amides is 4. The lowest BCUT2D eigenvalue weighted by molar-refractivity contribution is -0.140. The zero-order chi connectivity index (χ0) is 21.0. The first kappa shape index (κ1) is 20.9. The highest BCUT2D eigenvalue weighted by atomic mass is 16.5. The summed E-state index contributed by atoms with van der Waals surface area (Å²) in [5.41, 5.74) is 0.182. The van der Waals surface area contributed by atoms with E-state index >= 15 is 0 Å². The van der Waals surface area contributed by atoms with Crippen LogP contribution in [0, 0.1) is 0 Å². The van der Waals surface area contributed by atoms with E-state index in [4.69, 9.17) is 4.74 Å². The SMILES string of the molecule is C=CCOc1ccc(CN(C)C(=O)CN2C(=O)N(C)C3(CCCCC3)C2=O)cc1. The summed E-state index contributed by atoms with van der Waals surface area (Å²) in [5.74, 6) is 0.242. The first-order valence-corrected chi connectivity index (χ1v) is 10.1. The number of imide groups is 1. The van der Waals surface area contributed by atoms with Crippen LogP contribution in [0.5, 0.6) is 5.75 Å². The molecule has 4 amide bonds. The number of benzene rings is 1. The number of carbonyl (C=O) groups excluding carboxylic acids is 3. The van der Waals surface area contributed by atoms with Crippen LogP contribution in [0.2, 0.25) is 0 Å². The van der Waals surface area contributed by atoms with Crippen LogP contribution in [0.15, 0.2) is 36.9 Å². The highest BCUT2D eigenvalue weighted by Crippen LogP contribution is 2.39. The predicted molar refractivity (Wildman–Crippen MR) is 109 cm³/mol. The summed E-state index contributed by atoms with van der Waals surface area (Å²) in [7, 11) is 3.35. The molecule has 0 N–H and O–H groups in total. The third-order valence-electron chi connectivity index (χ3n) is 5.91. The topological polar surface area (TPSA) is 70.2 Å². The van der Waals surface area contributed by atoms with Gasteiger partial charge in [0, 0.05) is 20.6 Å². The summed E-state index contributed by atoms with van der Waals surface area (Å²) in [4.78, 5) is 42.6. The van der Waals surface area contributed by atoms with Crippen molar-refractivity contribution in [2.75, 3.05) is 27.2 Å². The maximum Gasteiger partial charge on any atom is 0.327 e. The summed E-state index contributed by atoms with van der Waals surface area (Å²) in [5, 5.41) is 0. The van der Waals surface area contributed by atoms with Gasteiger partial charge in [-0.2, -0.15) is 0 Å². The van der Waals surface area contributed by atoms with Gasteiger partial charge in [-0.25, -0.2) is 4.79 Å². The molecule has 0 unspecified atom stereocenters. The molecule has 1 aromatic rings. The van der Waals surface area contributed by atoms with Crippen LogP contribution in [0.3, 0.4) is 0 Å². The van der Waals surface area contributed by atoms with Crippen LogP contribution in [-0.4, -0.2) is 65.3 Å². The monoisotopic (exact) mass is 399 g/mol. The molecule has 0 bridgehead atoms. The van der Waals surface area contributed by atoms with Gasteiger partial charge in [0.2, 0.25) is 5.91 Å². The number of ether oxygens (including phenoxy) is 1. The van der Waals surface area contributed by atoms with Gasteiger partial charge in [-0.05, 0) is 30.5 Å². The minimum absolute atomic E-state index is 0.221. The lowest BCUT2D eigenvalue weighted by Crippen LogP contribution is -2.49. The third-order valence-corrected chi connectivity index (χ3v) is 5.91. The Kier molecular flexibility index (Phi) is 6.25. The second-order valence-corrected chi connectivity index (χ2v) is 7.82. The van der Waals surface area contributed by atoms with Crippen molar-refractivity contribution in [2.24, 2.45) is 0 Å². The number of urea groups is 1. The van der Waals surface area contributed by atoms with Gasteiger partial charge in [-0.3, -0.25) is 14.5 Å². The van der Waals surface area contributed by atoms with Crippen LogP contribution in [0.4, 0.5) is 4.79 Å². The maximum absolute atomic E-state index is 13.0. The average molecular weight is 399 g/mol. The molecule has 1 aliphatic carbocycles. The van der Waals surface area contributed by atoms with Gasteiger partial charge in [-0.1, -0.05) is 44.1 Å². The number of hydrogen-bond acceptors (Lipinski definition) is 4. The van der Waals surface area contributed by atoms with Crippen molar-refractivity contribution in [1.29, 1.82) is 0 Å². The maximum atomic E-state index is 13.0. The van der Waals surface area contributed by atoms with E-state index in [1.54, 1.807) is 25.1 Å². The van der Waals surface area contributed by atoms with E-state index < -0.39 is 5.54 Å². The zero-order valence-electron chi connectivity index (χ0n) is 17.2. The van der Waals surface area contributed by atoms with E-state index in [0.29, 0.717) is 26.0 Å². The molecule has 29 heavy (non-hydrogen) atoms. The average Bonchev–Trinajstić information content (AvgIpc) is 2.90. The van der Waals surface area contributed by atoms with Crippen LogP contribution < -0.4 is 4.74 Å². The second kappa shape index (κ2) is 8.68. The second-order valence-electron chi connectivity index (χ2n) is 7.82. The van der Waals surface area contributed by atoms with Gasteiger partial charge in [-0.15, -0.1) is 0 Å². The van der Waals surface area contributed by atoms with E-state index in [2.05, 4.69) is 6.58 Å². The van der Waals surface area contributed by atoms with E-state index in [1.807, 2.05) is 24.3 Å². The van der Waals surface area contributed by atoms with E-state index in [-0.39, 0.29) is 24.4 Å². The zero-order valence-corrected chi connectivity index (χ0v) is 17.2. The Balaban J connectivity index is 1.61. The summed E-state index contributed by atoms with van der Waals surface area (Å²) < 4.78 is 5.45. The normalized spacial score (nSPS) is 18.3. The Bertz CT molecular complexity index is 784. The Labute approximate surface area is 171 Å². The minimum atomic E-state index is -0.755. The highest BCUT2D eigenvalue weighted by molar-refractivity contribution is 6.08. The van der Waals surface area contributed by atoms with Crippen LogP contribution in [0.25, 0.3) is 0 Å². The smallest absolute Gasteiger partial charge is 0.327 e. The molecule has 7 heteroatoms. The lowest BCUT2D eigenvalue weighted by atomic mass is 9.81. The van der Waals surface area contributed by atoms with Crippen molar-refractivity contribution in [3.8, 4) is 5.75 Å². The highest BCUT2D eigenvalue weighted by Gasteiger charge is 2.55. The molecule has 2 aliphatic rings. The van der Waals surface area contributed by atoms with Gasteiger partial charge in [0.1, 0.15) is 24.4 Å². The molecule has 156 valence electrons. The molecule has 1 saturated heterocycles. The molecule has 2 fully saturated rings. The molecule has 1 aromatic carbocycles. The molecule has 3 rings (SSSR count). The van der Waals surface area contributed by atoms with Crippen LogP contribution >= 0.6 is 0 Å². The van der Waals surface area contributed by atoms with Crippen molar-refractivity contribution in [3.05, 3.63) is 42.5 Å². The number of rotatable bonds is 7. The Morgan fingerprint density at radius 1 is 1.21 bits per heavy atom. The third kappa shape index (κ3) is 4.13. The summed E-state index contributed by atoms with van der Waals surface area (Å²) in [6.07, 6.45) is 5.96. The van der Waals surface area contributed by atoms with Crippen molar-refractivity contribution < 1.29 is 19.1 Å². The Hall–Kier alpha value is -2.83. The van der Waals surface area contributed by atoms with Crippen molar-refractivity contribution >= 4 is 17.8 Å². The number of nitrogens with zero attached hydrogens (tertiary/aromatic N) is 3. The van der Waals surface area contributed by atoms with Gasteiger partial charge in [0.25, 0.3) is 5.91 Å². The number of carbonyl (C=O) groups is 3. The first-order chi connectivity index (χ1) is 13.9. The summed E-state index contributed by atoms with van der Waals surface area (Å²) in [6, 6.07) is 7.08. The van der Waals surface area contributed by atoms with Crippen LogP contribution in [-0.2, 0) is 16.1 Å². The predicted octanol–water partition coefficient (Wildman–Crippen LogP) is 2.81. The molecular weight excluding hydrogens is 370 g/mol. The Morgan fingerprint density at radius 3 is 2.48 bits per heavy atom. The number of likely N-dealkylation sites (N-methyl/N-ethyl adjacent to an activating group) is 2. The fraction of sp³-hybridized carbons (Fsp3) is 0.500. The standard InChI is InChI=1S/C22H29N3O4/c1-4-14-29-18-10-8-17(9-11-18)15-23(2)19(26)16-25-20(27)22(24(3)21(25)28)12-6-5-7-13-22/h4,8-11H,1,5-7,12-16H2,2-3H3. The van der Waals surface area contributed by atoms with E-state index in [9.17, 15) is 14.4 Å². The van der Waals surface area contributed by atoms with Crippen molar-refractivity contribution in [2.45, 2.75) is 44.2 Å². The lowest BCUT2D eigenvalue weighted by Gasteiger charge is -2.35. The molecular formula is C22H29N3O4. The summed E-state index contributed by atoms with van der Waals surface area (Å²) in [6.45, 7) is 4.21. The molecule has 7 nitrogen and oxygen atoms in total. The van der Waals surface area contributed by atoms with Crippen molar-refractivity contribution in [3.63, 3.8) is 0 Å². The largest absolute Gasteiger partial charge is 0.490 e. The van der Waals surface area contributed by atoms with Crippen molar-refractivity contribution in [1.82, 2.24) is 14.7 Å². The molecule has 1 aliphatic heterocycles. The van der Waals surface area contributed by atoms with E-state index in [0.717, 1.165) is 35.5 Å². The first-order valence-electron chi connectivity index (χ1n) is 10.1. The van der Waals surface area contributed by atoms with Gasteiger partial charge >= 0.3 is 6.03 Å². The minimum Gasteiger partial charge on any atom is -0.490 e. The van der Waals surface area contributed by atoms with E-state index in [1.165, 1.54) is 4.90 Å². The molecule has 0 atom stereocenters. The van der Waals surface area contributed by atoms with Gasteiger partial charge < -0.3 is 14.5 Å². The number of hydrogen-bond donors (Lipinski definition) is 0. The molecule has 1 heterocycles. The fourth-order valence-corrected chi connectivity index (χ4v) is 4.14. The summed E-state index contributed by atoms with van der Waals surface area (Å²) >= 11 is 0. The Morgan fingerprint density at radius 2 is 1.86 bits per heavy atom. The molecule has 0 aromatic heterocycles. The van der Waals surface area contributed by atoms with Gasteiger partial charge in [0.05, 0.1) is 0 Å². The molecule has 1 spiro atoms. The fourth-order valence-electron chi connectivity index (χ4n) is 4.14. The van der Waals surface area contributed by atoms with Crippen LogP contribution in [0.1, 0.15) is 37.7 Å². The quantitative estimate of drug-likeness (QED) is 0.522. The molecule has 0 radical (unpaired) electrons.